The number of rotatable bonds is 2. The number of hydrogen-bond donors (Lipinski definition) is 1. The van der Waals surface area contributed by atoms with Crippen LogP contribution in [0.25, 0.3) is 0 Å². The van der Waals surface area contributed by atoms with Crippen LogP contribution < -0.4 is 5.73 Å². The van der Waals surface area contributed by atoms with E-state index in [0.29, 0.717) is 5.56 Å². The molecule has 0 saturated carbocycles. The lowest BCUT2D eigenvalue weighted by Gasteiger charge is -2.18. The second-order valence-corrected chi connectivity index (χ2v) is 4.14. The second kappa shape index (κ2) is 4.20. The van der Waals surface area contributed by atoms with Crippen molar-refractivity contribution in [3.63, 3.8) is 0 Å². The molecule has 1 aromatic carbocycles. The third-order valence-electron chi connectivity index (χ3n) is 2.24. The lowest BCUT2D eigenvalue weighted by molar-refractivity contribution is 0.547. The van der Waals surface area contributed by atoms with Gasteiger partial charge < -0.3 is 5.73 Å². The van der Waals surface area contributed by atoms with Crippen molar-refractivity contribution in [1.82, 2.24) is 0 Å². The third-order valence-corrected chi connectivity index (χ3v) is 2.94. The van der Waals surface area contributed by atoms with Gasteiger partial charge in [0.25, 0.3) is 0 Å². The van der Waals surface area contributed by atoms with E-state index in [0.717, 1.165) is 4.47 Å². The van der Waals surface area contributed by atoms with Crippen LogP contribution in [0.3, 0.4) is 0 Å². The van der Waals surface area contributed by atoms with E-state index in [-0.39, 0.29) is 17.8 Å². The predicted molar refractivity (Wildman–Crippen MR) is 56.2 cm³/mol. The van der Waals surface area contributed by atoms with E-state index in [4.69, 9.17) is 5.73 Å². The maximum Gasteiger partial charge on any atom is 0.127 e. The Morgan fingerprint density at radius 1 is 1.38 bits per heavy atom. The zero-order valence-corrected chi connectivity index (χ0v) is 9.31. The topological polar surface area (TPSA) is 26.0 Å². The van der Waals surface area contributed by atoms with Crippen molar-refractivity contribution in [3.05, 3.63) is 34.1 Å². The van der Waals surface area contributed by atoms with Gasteiger partial charge in [-0.15, -0.1) is 0 Å². The monoisotopic (exact) mass is 245 g/mol. The molecular formula is C10H13BrFN. The average molecular weight is 246 g/mol. The summed E-state index contributed by atoms with van der Waals surface area (Å²) in [4.78, 5) is 0. The molecule has 72 valence electrons. The highest BCUT2D eigenvalue weighted by Crippen LogP contribution is 2.28. The van der Waals surface area contributed by atoms with E-state index in [1.807, 2.05) is 19.9 Å². The van der Waals surface area contributed by atoms with E-state index in [1.54, 1.807) is 6.07 Å². The summed E-state index contributed by atoms with van der Waals surface area (Å²) in [5.74, 6) is -0.172. The third kappa shape index (κ3) is 2.29. The standard InChI is InChI=1S/C10H13BrFN/c1-6(7(2)13)10-8(11)4-3-5-9(10)12/h3-7H,13H2,1-2H3. The molecule has 2 atom stereocenters. The fourth-order valence-electron chi connectivity index (χ4n) is 1.21. The SMILES string of the molecule is CC(N)C(C)c1c(F)cccc1Br. The van der Waals surface area contributed by atoms with Crippen LogP contribution in [0.4, 0.5) is 4.39 Å². The van der Waals surface area contributed by atoms with Gasteiger partial charge in [0, 0.05) is 16.1 Å². The Morgan fingerprint density at radius 2 is 2.00 bits per heavy atom. The highest BCUT2D eigenvalue weighted by atomic mass is 79.9. The molecule has 13 heavy (non-hydrogen) atoms. The zero-order valence-electron chi connectivity index (χ0n) is 7.72. The number of halogens is 2. The highest BCUT2D eigenvalue weighted by molar-refractivity contribution is 9.10. The Kier molecular flexibility index (Phi) is 3.45. The summed E-state index contributed by atoms with van der Waals surface area (Å²) in [5, 5.41) is 0. The van der Waals surface area contributed by atoms with E-state index < -0.39 is 0 Å². The Hall–Kier alpha value is -0.410. The largest absolute Gasteiger partial charge is 0.327 e. The minimum atomic E-state index is -0.195. The van der Waals surface area contributed by atoms with Crippen LogP contribution >= 0.6 is 15.9 Å². The Bertz CT molecular complexity index is 279. The maximum absolute atomic E-state index is 13.4. The average Bonchev–Trinajstić information content (AvgIpc) is 2.03. The minimum Gasteiger partial charge on any atom is -0.327 e. The van der Waals surface area contributed by atoms with Crippen LogP contribution in [0.5, 0.6) is 0 Å². The first-order valence-corrected chi connectivity index (χ1v) is 5.03. The summed E-state index contributed by atoms with van der Waals surface area (Å²) >= 11 is 3.32. The van der Waals surface area contributed by atoms with Gasteiger partial charge in [-0.1, -0.05) is 28.9 Å². The molecular weight excluding hydrogens is 233 g/mol. The smallest absolute Gasteiger partial charge is 0.127 e. The Balaban J connectivity index is 3.12. The summed E-state index contributed by atoms with van der Waals surface area (Å²) in [6.07, 6.45) is 0. The molecule has 2 unspecified atom stereocenters. The Morgan fingerprint density at radius 3 is 2.46 bits per heavy atom. The zero-order chi connectivity index (χ0) is 10.0. The van der Waals surface area contributed by atoms with E-state index in [2.05, 4.69) is 15.9 Å². The molecule has 1 aromatic rings. The molecule has 0 heterocycles. The molecule has 0 aliphatic carbocycles. The molecule has 0 fully saturated rings. The van der Waals surface area contributed by atoms with Crippen LogP contribution in [-0.2, 0) is 0 Å². The van der Waals surface area contributed by atoms with Gasteiger partial charge in [0.15, 0.2) is 0 Å². The van der Waals surface area contributed by atoms with Gasteiger partial charge in [-0.25, -0.2) is 4.39 Å². The van der Waals surface area contributed by atoms with Crippen LogP contribution in [0.1, 0.15) is 25.3 Å². The van der Waals surface area contributed by atoms with Crippen LogP contribution in [0.15, 0.2) is 22.7 Å². The van der Waals surface area contributed by atoms with E-state index in [9.17, 15) is 4.39 Å². The van der Waals surface area contributed by atoms with Crippen molar-refractivity contribution in [2.24, 2.45) is 5.73 Å². The molecule has 0 bridgehead atoms. The van der Waals surface area contributed by atoms with Crippen LogP contribution in [0.2, 0.25) is 0 Å². The van der Waals surface area contributed by atoms with E-state index >= 15 is 0 Å². The number of benzene rings is 1. The predicted octanol–water partition coefficient (Wildman–Crippen LogP) is 3.04. The summed E-state index contributed by atoms with van der Waals surface area (Å²) in [6.45, 7) is 3.80. The fourth-order valence-corrected chi connectivity index (χ4v) is 1.91. The van der Waals surface area contributed by atoms with Crippen LogP contribution in [-0.4, -0.2) is 6.04 Å². The molecule has 0 amide bonds. The van der Waals surface area contributed by atoms with Gasteiger partial charge in [-0.3, -0.25) is 0 Å². The molecule has 3 heteroatoms. The van der Waals surface area contributed by atoms with Gasteiger partial charge in [0.05, 0.1) is 0 Å². The first kappa shape index (κ1) is 10.7. The lowest BCUT2D eigenvalue weighted by Crippen LogP contribution is -2.23. The summed E-state index contributed by atoms with van der Waals surface area (Å²) in [7, 11) is 0. The molecule has 2 N–H and O–H groups in total. The normalized spacial score (nSPS) is 15.5. The molecule has 0 aliphatic rings. The van der Waals surface area contributed by atoms with Crippen molar-refractivity contribution >= 4 is 15.9 Å². The van der Waals surface area contributed by atoms with Gasteiger partial charge in [-0.05, 0) is 25.0 Å². The van der Waals surface area contributed by atoms with Gasteiger partial charge in [0.2, 0.25) is 0 Å². The Labute approximate surface area is 86.3 Å². The number of hydrogen-bond acceptors (Lipinski definition) is 1. The molecule has 0 aliphatic heterocycles. The number of nitrogens with two attached hydrogens (primary N) is 1. The molecule has 0 aromatic heterocycles. The van der Waals surface area contributed by atoms with E-state index in [1.165, 1.54) is 6.07 Å². The van der Waals surface area contributed by atoms with Crippen molar-refractivity contribution < 1.29 is 4.39 Å². The van der Waals surface area contributed by atoms with Crippen LogP contribution in [0, 0.1) is 5.82 Å². The molecule has 0 spiro atoms. The molecule has 1 nitrogen and oxygen atoms in total. The first-order valence-electron chi connectivity index (χ1n) is 4.23. The maximum atomic E-state index is 13.4. The highest BCUT2D eigenvalue weighted by Gasteiger charge is 2.17. The van der Waals surface area contributed by atoms with Crippen molar-refractivity contribution in [2.75, 3.05) is 0 Å². The van der Waals surface area contributed by atoms with Gasteiger partial charge in [0.1, 0.15) is 5.82 Å². The second-order valence-electron chi connectivity index (χ2n) is 3.28. The lowest BCUT2D eigenvalue weighted by atomic mass is 9.95. The van der Waals surface area contributed by atoms with Crippen molar-refractivity contribution in [3.8, 4) is 0 Å². The summed E-state index contributed by atoms with van der Waals surface area (Å²) < 4.78 is 14.2. The van der Waals surface area contributed by atoms with Crippen molar-refractivity contribution in [2.45, 2.75) is 25.8 Å². The molecule has 0 saturated heterocycles. The fraction of sp³-hybridized carbons (Fsp3) is 0.400. The minimum absolute atomic E-state index is 0.0237. The quantitative estimate of drug-likeness (QED) is 0.852. The van der Waals surface area contributed by atoms with Gasteiger partial charge in [-0.2, -0.15) is 0 Å². The van der Waals surface area contributed by atoms with Crippen molar-refractivity contribution in [1.29, 1.82) is 0 Å². The summed E-state index contributed by atoms with van der Waals surface area (Å²) in [6, 6.07) is 4.92. The van der Waals surface area contributed by atoms with Gasteiger partial charge >= 0.3 is 0 Å². The molecule has 1 rings (SSSR count). The first-order chi connectivity index (χ1) is 6.04. The molecule has 0 radical (unpaired) electrons. The summed E-state index contributed by atoms with van der Waals surface area (Å²) in [5.41, 5.74) is 6.38.